The number of carbonyl (C=O) groups is 1. The predicted molar refractivity (Wildman–Crippen MR) is 156 cm³/mol. The maximum absolute atomic E-state index is 14.2. The molecule has 1 aliphatic heterocycles. The van der Waals surface area contributed by atoms with Gasteiger partial charge in [0.05, 0.1) is 29.7 Å². The zero-order valence-electron chi connectivity index (χ0n) is 22.8. The molecule has 0 radical (unpaired) electrons. The first kappa shape index (κ1) is 24.7. The Morgan fingerprint density at radius 1 is 0.949 bits per heavy atom. The fourth-order valence-corrected chi connectivity index (χ4v) is 5.61. The molecule has 2 aromatic heterocycles. The van der Waals surface area contributed by atoms with E-state index in [4.69, 9.17) is 5.10 Å². The van der Waals surface area contributed by atoms with Crippen molar-refractivity contribution in [1.82, 2.24) is 19.2 Å². The molecule has 5 aromatic rings. The number of amides is 2. The van der Waals surface area contributed by atoms with Gasteiger partial charge in [0.1, 0.15) is 5.82 Å². The minimum absolute atomic E-state index is 0.134. The Morgan fingerprint density at radius 2 is 1.74 bits per heavy atom. The van der Waals surface area contributed by atoms with E-state index in [1.54, 1.807) is 0 Å². The molecular formula is C33H33N5O. The van der Waals surface area contributed by atoms with Gasteiger partial charge in [-0.25, -0.2) is 9.48 Å². The number of benzene rings is 3. The average Bonchev–Trinajstić information content (AvgIpc) is 3.52. The largest absolute Gasteiger partial charge is 0.322 e. The lowest BCUT2D eigenvalue weighted by atomic mass is 10.00. The molecule has 0 fully saturated rings. The molecule has 0 saturated heterocycles. The number of nitrogens with zero attached hydrogens (tertiary/aromatic N) is 4. The minimum Gasteiger partial charge on any atom is -0.308 e. The Bertz CT molecular complexity index is 1660. The number of anilines is 1. The van der Waals surface area contributed by atoms with Gasteiger partial charge in [0.25, 0.3) is 0 Å². The van der Waals surface area contributed by atoms with E-state index in [1.807, 2.05) is 46.8 Å². The van der Waals surface area contributed by atoms with E-state index < -0.39 is 0 Å². The smallest absolute Gasteiger partial charge is 0.308 e. The van der Waals surface area contributed by atoms with Crippen LogP contribution in [-0.2, 0) is 13.0 Å². The van der Waals surface area contributed by atoms with Crippen LogP contribution < -0.4 is 5.32 Å². The number of hydrogen-bond donors (Lipinski definition) is 1. The zero-order chi connectivity index (χ0) is 27.1. The summed E-state index contributed by atoms with van der Waals surface area (Å²) in [6, 6.07) is 28.5. The van der Waals surface area contributed by atoms with Crippen molar-refractivity contribution in [2.24, 2.45) is 0 Å². The highest BCUT2D eigenvalue weighted by molar-refractivity contribution is 5.91. The van der Waals surface area contributed by atoms with Gasteiger partial charge in [-0.2, -0.15) is 5.10 Å². The van der Waals surface area contributed by atoms with Gasteiger partial charge >= 0.3 is 6.03 Å². The number of carbonyl (C=O) groups excluding carboxylic acids is 1. The maximum atomic E-state index is 14.2. The maximum Gasteiger partial charge on any atom is 0.322 e. The molecule has 3 aromatic carbocycles. The third-order valence-electron chi connectivity index (χ3n) is 7.77. The third-order valence-corrected chi connectivity index (χ3v) is 7.77. The van der Waals surface area contributed by atoms with Gasteiger partial charge in [-0.15, -0.1) is 0 Å². The van der Waals surface area contributed by atoms with E-state index >= 15 is 0 Å². The van der Waals surface area contributed by atoms with Crippen LogP contribution in [0.3, 0.4) is 0 Å². The van der Waals surface area contributed by atoms with E-state index in [0.29, 0.717) is 6.54 Å². The molecule has 0 bridgehead atoms. The molecule has 2 amide bonds. The summed E-state index contributed by atoms with van der Waals surface area (Å²) in [5, 5.41) is 8.30. The highest BCUT2D eigenvalue weighted by Crippen LogP contribution is 2.39. The van der Waals surface area contributed by atoms with Gasteiger partial charge in [0.2, 0.25) is 0 Å². The van der Waals surface area contributed by atoms with Gasteiger partial charge < -0.3 is 14.8 Å². The van der Waals surface area contributed by atoms with Crippen LogP contribution >= 0.6 is 0 Å². The van der Waals surface area contributed by atoms with E-state index in [-0.39, 0.29) is 12.1 Å². The van der Waals surface area contributed by atoms with Crippen LogP contribution in [0.1, 0.15) is 52.2 Å². The Morgan fingerprint density at radius 3 is 2.51 bits per heavy atom. The van der Waals surface area contributed by atoms with E-state index in [2.05, 4.69) is 91.4 Å². The Labute approximate surface area is 229 Å². The molecule has 0 saturated carbocycles. The summed E-state index contributed by atoms with van der Waals surface area (Å²) in [5.74, 6) is 0.984. The fourth-order valence-electron chi connectivity index (χ4n) is 5.61. The Balaban J connectivity index is 1.56. The summed E-state index contributed by atoms with van der Waals surface area (Å²) in [5.41, 5.74) is 9.35. The predicted octanol–water partition coefficient (Wildman–Crippen LogP) is 7.29. The highest BCUT2D eigenvalue weighted by Gasteiger charge is 2.36. The molecule has 6 nitrogen and oxygen atoms in total. The van der Waals surface area contributed by atoms with Crippen LogP contribution in [0.2, 0.25) is 0 Å². The van der Waals surface area contributed by atoms with Gasteiger partial charge in [-0.05, 0) is 74.2 Å². The van der Waals surface area contributed by atoms with Crippen LogP contribution in [0.5, 0.6) is 0 Å². The standard InChI is InChI=1S/C33H33N5O/c1-5-28-27-21-37(33(39)34-29-17-10-13-23(3)24(29)4)31(25-14-9-12-22(2)20-25)30-18-11-19-36(30)32(27)38(35-28)26-15-7-6-8-16-26/h6-20,31H,5,21H2,1-4H3,(H,34,39)/t31-/m1/s1. The van der Waals surface area contributed by atoms with Crippen molar-refractivity contribution in [3.63, 3.8) is 0 Å². The monoisotopic (exact) mass is 515 g/mol. The number of fused-ring (bicyclic) bond motifs is 3. The van der Waals surface area contributed by atoms with Gasteiger partial charge in [0, 0.05) is 17.4 Å². The van der Waals surface area contributed by atoms with Gasteiger partial charge in [-0.3, -0.25) is 0 Å². The molecule has 1 N–H and O–H groups in total. The van der Waals surface area contributed by atoms with Crippen molar-refractivity contribution in [3.8, 4) is 11.5 Å². The van der Waals surface area contributed by atoms with Gasteiger partial charge in [-0.1, -0.05) is 67.1 Å². The lowest BCUT2D eigenvalue weighted by Gasteiger charge is -2.31. The summed E-state index contributed by atoms with van der Waals surface area (Å²) >= 11 is 0. The summed E-state index contributed by atoms with van der Waals surface area (Å²) in [4.78, 5) is 16.2. The first-order chi connectivity index (χ1) is 19.0. The van der Waals surface area contributed by atoms with Crippen LogP contribution in [0.25, 0.3) is 11.5 Å². The highest BCUT2D eigenvalue weighted by atomic mass is 16.2. The quantitative estimate of drug-likeness (QED) is 0.273. The van der Waals surface area contributed by atoms with E-state index in [1.165, 1.54) is 0 Å². The molecule has 6 rings (SSSR count). The molecule has 3 heterocycles. The van der Waals surface area contributed by atoms with E-state index in [9.17, 15) is 4.79 Å². The molecule has 1 atom stereocenters. The van der Waals surface area contributed by atoms with Gasteiger partial charge in [0.15, 0.2) is 0 Å². The van der Waals surface area contributed by atoms with Crippen molar-refractivity contribution in [1.29, 1.82) is 0 Å². The van der Waals surface area contributed by atoms with Crippen LogP contribution in [-0.4, -0.2) is 25.3 Å². The number of urea groups is 1. The number of para-hydroxylation sites is 1. The SMILES string of the molecule is CCc1nn(-c2ccccc2)c2c1CN(C(=O)Nc1cccc(C)c1C)[C@H](c1cccc(C)c1)c1cccn1-2. The lowest BCUT2D eigenvalue weighted by molar-refractivity contribution is 0.194. The number of hydrogen-bond acceptors (Lipinski definition) is 2. The molecule has 0 aliphatic carbocycles. The summed E-state index contributed by atoms with van der Waals surface area (Å²) in [6.45, 7) is 8.77. The second kappa shape index (κ2) is 9.95. The summed E-state index contributed by atoms with van der Waals surface area (Å²) in [7, 11) is 0. The molecule has 0 spiro atoms. The van der Waals surface area contributed by atoms with Crippen molar-refractivity contribution in [3.05, 3.63) is 130 Å². The minimum atomic E-state index is -0.286. The second-order valence-corrected chi connectivity index (χ2v) is 10.3. The van der Waals surface area contributed by atoms with E-state index in [0.717, 1.165) is 62.8 Å². The molecule has 6 heteroatoms. The Hall–Kier alpha value is -4.58. The van der Waals surface area contributed by atoms with Crippen LogP contribution in [0.4, 0.5) is 10.5 Å². The zero-order valence-corrected chi connectivity index (χ0v) is 22.8. The molecular weight excluding hydrogens is 482 g/mol. The van der Waals surface area contributed by atoms with Crippen molar-refractivity contribution in [2.45, 2.75) is 46.7 Å². The summed E-state index contributed by atoms with van der Waals surface area (Å²) in [6.07, 6.45) is 2.85. The average molecular weight is 516 g/mol. The molecule has 196 valence electrons. The fraction of sp³-hybridized carbons (Fsp3) is 0.212. The number of aromatic nitrogens is 3. The first-order valence-electron chi connectivity index (χ1n) is 13.5. The Kier molecular flexibility index (Phi) is 6.31. The number of nitrogens with one attached hydrogen (secondary N) is 1. The topological polar surface area (TPSA) is 55.1 Å². The van der Waals surface area contributed by atoms with Crippen LogP contribution in [0.15, 0.2) is 91.1 Å². The lowest BCUT2D eigenvalue weighted by Crippen LogP contribution is -2.38. The van der Waals surface area contributed by atoms with Crippen LogP contribution in [0, 0.1) is 20.8 Å². The van der Waals surface area contributed by atoms with Crippen molar-refractivity contribution in [2.75, 3.05) is 5.32 Å². The first-order valence-corrected chi connectivity index (χ1v) is 13.5. The molecule has 0 unspecified atom stereocenters. The normalized spacial score (nSPS) is 14.5. The molecule has 1 aliphatic rings. The summed E-state index contributed by atoms with van der Waals surface area (Å²) < 4.78 is 4.24. The molecule has 39 heavy (non-hydrogen) atoms. The van der Waals surface area contributed by atoms with Crippen molar-refractivity contribution >= 4 is 11.7 Å². The second-order valence-electron chi connectivity index (χ2n) is 10.3. The van der Waals surface area contributed by atoms with Crippen molar-refractivity contribution < 1.29 is 4.79 Å². The third kappa shape index (κ3) is 4.32. The number of aryl methyl sites for hydroxylation is 3. The number of rotatable bonds is 4.